The summed E-state index contributed by atoms with van der Waals surface area (Å²) >= 11 is 0. The molecule has 0 bridgehead atoms. The Bertz CT molecular complexity index is 862. The van der Waals surface area contributed by atoms with Gasteiger partial charge in [-0.15, -0.1) is 0 Å². The number of fused-ring (bicyclic) bond motifs is 1. The zero-order valence-electron chi connectivity index (χ0n) is 15.3. The molecule has 0 radical (unpaired) electrons. The van der Waals surface area contributed by atoms with E-state index < -0.39 is 7.44 Å². The first-order valence-corrected chi connectivity index (χ1v) is 10.8. The maximum Gasteiger partial charge on any atom is 0.224 e. The second kappa shape index (κ2) is 7.00. The fourth-order valence-corrected chi connectivity index (χ4v) is 7.79. The van der Waals surface area contributed by atoms with Crippen LogP contribution >= 0.6 is 7.44 Å². The normalized spacial score (nSPS) is 30.7. The average molecular weight is 364 g/mol. The van der Waals surface area contributed by atoms with Crippen LogP contribution in [0.25, 0.3) is 0 Å². The highest BCUT2D eigenvalue weighted by Gasteiger charge is 2.55. The molecule has 0 amide bonds. The third-order valence-electron chi connectivity index (χ3n) is 5.64. The van der Waals surface area contributed by atoms with Crippen molar-refractivity contribution in [3.8, 4) is 0 Å². The van der Waals surface area contributed by atoms with Gasteiger partial charge in [-0.2, -0.15) is 0 Å². The second-order valence-corrected chi connectivity index (χ2v) is 10.2. The van der Waals surface area contributed by atoms with Crippen molar-refractivity contribution >= 4 is 7.44 Å². The highest BCUT2D eigenvalue weighted by Crippen LogP contribution is 2.70. The average Bonchev–Trinajstić information content (AvgIpc) is 2.92. The van der Waals surface area contributed by atoms with Gasteiger partial charge in [-0.05, 0) is 25.2 Å². The summed E-state index contributed by atoms with van der Waals surface area (Å²) in [5.74, 6) is 0.233. The first kappa shape index (κ1) is 17.5. The topological polar surface area (TPSA) is 23.6 Å². The Morgan fingerprint density at radius 1 is 0.962 bits per heavy atom. The molecule has 3 nitrogen and oxygen atoms in total. The van der Waals surface area contributed by atoms with Gasteiger partial charge in [0.1, 0.15) is 0 Å². The molecule has 2 aromatic rings. The van der Waals surface area contributed by atoms with Gasteiger partial charge in [-0.25, -0.2) is 9.34 Å². The highest BCUT2D eigenvalue weighted by atomic mass is 31.2. The van der Waals surface area contributed by atoms with Crippen molar-refractivity contribution in [2.24, 2.45) is 5.92 Å². The molecule has 2 aromatic carbocycles. The Labute approximate surface area is 156 Å². The molecule has 1 aliphatic carbocycles. The minimum absolute atomic E-state index is 0.0245. The molecular formula is C22H25N2OP. The fourth-order valence-electron chi connectivity index (χ4n) is 4.38. The molecule has 1 aliphatic heterocycles. The quantitative estimate of drug-likeness (QED) is 0.705. The Morgan fingerprint density at radius 3 is 2.27 bits per heavy atom. The molecule has 4 atom stereocenters. The van der Waals surface area contributed by atoms with Gasteiger partial charge in [-0.3, -0.25) is 4.57 Å². The van der Waals surface area contributed by atoms with Gasteiger partial charge in [0.25, 0.3) is 0 Å². The summed E-state index contributed by atoms with van der Waals surface area (Å²) in [6.07, 6.45) is 8.52. The predicted molar refractivity (Wildman–Crippen MR) is 108 cm³/mol. The lowest BCUT2D eigenvalue weighted by Gasteiger charge is -2.34. The van der Waals surface area contributed by atoms with Crippen LogP contribution in [0.3, 0.4) is 0 Å². The minimum atomic E-state index is -2.74. The molecule has 0 saturated carbocycles. The maximum atomic E-state index is 14.4. The van der Waals surface area contributed by atoms with Gasteiger partial charge in [0.15, 0.2) is 0 Å². The molecule has 2 aliphatic rings. The van der Waals surface area contributed by atoms with Crippen LogP contribution in [0.15, 0.2) is 85.0 Å². The van der Waals surface area contributed by atoms with Crippen molar-refractivity contribution in [3.05, 3.63) is 96.1 Å². The first-order chi connectivity index (χ1) is 12.6. The molecule has 0 spiro atoms. The van der Waals surface area contributed by atoms with Crippen LogP contribution in [0.2, 0.25) is 0 Å². The van der Waals surface area contributed by atoms with E-state index in [9.17, 15) is 4.57 Å². The van der Waals surface area contributed by atoms with Crippen LogP contribution in [0.1, 0.15) is 17.2 Å². The molecule has 0 aromatic heterocycles. The lowest BCUT2D eigenvalue weighted by Crippen LogP contribution is -2.27. The Balaban J connectivity index is 1.72. The van der Waals surface area contributed by atoms with Crippen LogP contribution in [0.4, 0.5) is 0 Å². The van der Waals surface area contributed by atoms with E-state index in [1.165, 1.54) is 11.1 Å². The first-order valence-electron chi connectivity index (χ1n) is 9.11. The standard InChI is InChI=1S/C22H25N2OP/c1-23(17-18-11-5-3-6-12-18)26(25)21-16-10-9-15-20(21)22(24(26)2)19-13-7-4-8-14-19/h3-16,20-22H,17H2,1-2H3/t20-,21+,22-,26+/m0/s1. The van der Waals surface area contributed by atoms with Crippen molar-refractivity contribution in [1.29, 1.82) is 0 Å². The summed E-state index contributed by atoms with van der Waals surface area (Å²) < 4.78 is 18.6. The number of nitrogens with zero attached hydrogens (tertiary/aromatic N) is 2. The van der Waals surface area contributed by atoms with E-state index >= 15 is 0 Å². The van der Waals surface area contributed by atoms with E-state index in [4.69, 9.17) is 0 Å². The van der Waals surface area contributed by atoms with E-state index in [0.29, 0.717) is 6.54 Å². The fraction of sp³-hybridized carbons (Fsp3) is 0.273. The predicted octanol–water partition coefficient (Wildman–Crippen LogP) is 5.11. The van der Waals surface area contributed by atoms with Crippen LogP contribution < -0.4 is 0 Å². The van der Waals surface area contributed by atoms with Crippen LogP contribution in [-0.4, -0.2) is 29.1 Å². The van der Waals surface area contributed by atoms with Crippen LogP contribution in [0.5, 0.6) is 0 Å². The van der Waals surface area contributed by atoms with Gasteiger partial charge in [0, 0.05) is 18.5 Å². The van der Waals surface area contributed by atoms with Gasteiger partial charge >= 0.3 is 0 Å². The highest BCUT2D eigenvalue weighted by molar-refractivity contribution is 7.60. The Kier molecular flexibility index (Phi) is 4.71. The van der Waals surface area contributed by atoms with Gasteiger partial charge in [0.2, 0.25) is 7.44 Å². The molecular weight excluding hydrogens is 339 g/mol. The summed E-state index contributed by atoms with van der Waals surface area (Å²) in [6, 6.07) is 20.9. The SMILES string of the molecule is CN(Cc1ccccc1)[P@]1(=O)[C@@H]2C=CC=C[C@@H]2[C@H](c2ccccc2)N1C. The van der Waals surface area contributed by atoms with Gasteiger partial charge < -0.3 is 0 Å². The van der Waals surface area contributed by atoms with Crippen molar-refractivity contribution in [2.45, 2.75) is 18.2 Å². The van der Waals surface area contributed by atoms with E-state index in [-0.39, 0.29) is 17.6 Å². The van der Waals surface area contributed by atoms with E-state index in [0.717, 1.165) is 0 Å². The molecule has 1 saturated heterocycles. The molecule has 4 heteroatoms. The molecule has 134 valence electrons. The molecule has 26 heavy (non-hydrogen) atoms. The molecule has 4 rings (SSSR count). The number of allylic oxidation sites excluding steroid dienone is 3. The number of hydrogen-bond donors (Lipinski definition) is 0. The van der Waals surface area contributed by atoms with Crippen molar-refractivity contribution in [2.75, 3.05) is 14.1 Å². The largest absolute Gasteiger partial charge is 0.288 e. The smallest absolute Gasteiger partial charge is 0.224 e. The summed E-state index contributed by atoms with van der Waals surface area (Å²) in [5.41, 5.74) is 2.45. The van der Waals surface area contributed by atoms with Crippen LogP contribution in [0, 0.1) is 5.92 Å². The van der Waals surface area contributed by atoms with Crippen molar-refractivity contribution in [1.82, 2.24) is 9.34 Å². The van der Waals surface area contributed by atoms with Gasteiger partial charge in [0.05, 0.1) is 5.66 Å². The summed E-state index contributed by atoms with van der Waals surface area (Å²) in [7, 11) is 1.29. The number of rotatable bonds is 4. The summed E-state index contributed by atoms with van der Waals surface area (Å²) in [5, 5.41) is 0. The number of hydrogen-bond acceptors (Lipinski definition) is 1. The summed E-state index contributed by atoms with van der Waals surface area (Å²) in [6.45, 7) is 0.685. The zero-order chi connectivity index (χ0) is 18.1. The molecule has 0 N–H and O–H groups in total. The molecule has 1 fully saturated rings. The van der Waals surface area contributed by atoms with Gasteiger partial charge in [-0.1, -0.05) is 85.0 Å². The van der Waals surface area contributed by atoms with E-state index in [2.05, 4.69) is 64.0 Å². The third kappa shape index (κ3) is 2.81. The van der Waals surface area contributed by atoms with Crippen LogP contribution in [-0.2, 0) is 11.1 Å². The minimum Gasteiger partial charge on any atom is -0.288 e. The van der Waals surface area contributed by atoms with Crippen molar-refractivity contribution in [3.63, 3.8) is 0 Å². The molecule has 0 unspecified atom stereocenters. The lowest BCUT2D eigenvalue weighted by atomic mass is 9.88. The molecule has 1 heterocycles. The Morgan fingerprint density at radius 2 is 1.58 bits per heavy atom. The number of benzene rings is 2. The second-order valence-electron chi connectivity index (χ2n) is 7.16. The van der Waals surface area contributed by atoms with E-state index in [1.807, 2.05) is 44.4 Å². The third-order valence-corrected chi connectivity index (χ3v) is 9.20. The summed E-state index contributed by atoms with van der Waals surface area (Å²) in [4.78, 5) is 0. The monoisotopic (exact) mass is 364 g/mol. The maximum absolute atomic E-state index is 14.4. The van der Waals surface area contributed by atoms with Crippen molar-refractivity contribution < 1.29 is 4.57 Å². The zero-order valence-corrected chi connectivity index (χ0v) is 16.2. The Hall–Kier alpha value is -1.93. The lowest BCUT2D eigenvalue weighted by molar-refractivity contribution is 0.337. The van der Waals surface area contributed by atoms with E-state index in [1.54, 1.807) is 0 Å².